The van der Waals surface area contributed by atoms with Gasteiger partial charge in [-0.25, -0.2) is 0 Å². The largest absolute Gasteiger partial charge is 0.485 e. The number of hydrogen-bond donors (Lipinski definition) is 1. The molecule has 1 aromatic carbocycles. The number of benzene rings is 1. The number of alkyl halides is 1. The quantitative estimate of drug-likeness (QED) is 0.744. The minimum absolute atomic E-state index is 0.209. The van der Waals surface area contributed by atoms with Gasteiger partial charge in [0.1, 0.15) is 17.5 Å². The van der Waals surface area contributed by atoms with Crippen LogP contribution in [0.15, 0.2) is 18.2 Å². The molecule has 16 heavy (non-hydrogen) atoms. The number of nitriles is 1. The van der Waals surface area contributed by atoms with Gasteiger partial charge < -0.3 is 9.84 Å². The first-order chi connectivity index (χ1) is 7.45. The summed E-state index contributed by atoms with van der Waals surface area (Å²) >= 11 is 3.45. The van der Waals surface area contributed by atoms with E-state index >= 15 is 0 Å². The summed E-state index contributed by atoms with van der Waals surface area (Å²) in [6.07, 6.45) is -0.644. The van der Waals surface area contributed by atoms with Crippen LogP contribution in [0.25, 0.3) is 0 Å². The molecule has 1 N–H and O–H groups in total. The van der Waals surface area contributed by atoms with Crippen LogP contribution in [0, 0.1) is 11.3 Å². The molecule has 0 aromatic heterocycles. The van der Waals surface area contributed by atoms with Gasteiger partial charge in [0.25, 0.3) is 0 Å². The first-order valence-corrected chi connectivity index (χ1v) is 5.92. The minimum atomic E-state index is -0.644. The Kier molecular flexibility index (Phi) is 2.69. The Morgan fingerprint density at radius 1 is 1.50 bits per heavy atom. The van der Waals surface area contributed by atoms with E-state index in [1.54, 1.807) is 18.2 Å². The second-order valence-corrected chi connectivity index (χ2v) is 5.40. The van der Waals surface area contributed by atoms with Gasteiger partial charge in [0, 0.05) is 5.56 Å². The van der Waals surface area contributed by atoms with Crippen molar-refractivity contribution in [3.05, 3.63) is 29.3 Å². The molecule has 0 spiro atoms. The maximum Gasteiger partial charge on any atom is 0.131 e. The molecule has 0 radical (unpaired) electrons. The lowest BCUT2D eigenvalue weighted by molar-refractivity contribution is -0.0418. The van der Waals surface area contributed by atoms with Gasteiger partial charge in [-0.1, -0.05) is 15.9 Å². The first-order valence-electron chi connectivity index (χ1n) is 5.01. The lowest BCUT2D eigenvalue weighted by Gasteiger charge is -2.40. The summed E-state index contributed by atoms with van der Waals surface area (Å²) in [7, 11) is 0. The van der Waals surface area contributed by atoms with E-state index in [0.29, 0.717) is 5.56 Å². The van der Waals surface area contributed by atoms with Crippen LogP contribution in [0.3, 0.4) is 0 Å². The molecule has 0 bridgehead atoms. The monoisotopic (exact) mass is 281 g/mol. The molecule has 0 amide bonds. The molecule has 3 nitrogen and oxygen atoms in total. The van der Waals surface area contributed by atoms with Crippen molar-refractivity contribution in [2.75, 3.05) is 0 Å². The molecule has 1 aromatic rings. The van der Waals surface area contributed by atoms with E-state index in [4.69, 9.17) is 10.00 Å². The van der Waals surface area contributed by atoms with Crippen molar-refractivity contribution in [1.29, 1.82) is 5.26 Å². The van der Waals surface area contributed by atoms with E-state index in [-0.39, 0.29) is 4.83 Å². The zero-order valence-electron chi connectivity index (χ0n) is 9.07. The molecule has 0 unspecified atom stereocenters. The zero-order valence-corrected chi connectivity index (χ0v) is 10.7. The second-order valence-electron chi connectivity index (χ2n) is 4.42. The summed E-state index contributed by atoms with van der Waals surface area (Å²) in [6.45, 7) is 3.68. The lowest BCUT2D eigenvalue weighted by atomic mass is 9.90. The Balaban J connectivity index is 2.52. The lowest BCUT2D eigenvalue weighted by Crippen LogP contribution is -2.47. The van der Waals surface area contributed by atoms with Crippen molar-refractivity contribution in [3.63, 3.8) is 0 Å². The summed E-state index contributed by atoms with van der Waals surface area (Å²) in [5.41, 5.74) is 0.763. The topological polar surface area (TPSA) is 53.2 Å². The van der Waals surface area contributed by atoms with Gasteiger partial charge in [-0.05, 0) is 32.0 Å². The van der Waals surface area contributed by atoms with Gasteiger partial charge in [0.2, 0.25) is 0 Å². The van der Waals surface area contributed by atoms with Gasteiger partial charge in [0.15, 0.2) is 0 Å². The molecule has 0 saturated heterocycles. The van der Waals surface area contributed by atoms with Crippen molar-refractivity contribution in [3.8, 4) is 11.8 Å². The fourth-order valence-electron chi connectivity index (χ4n) is 1.79. The van der Waals surface area contributed by atoms with Crippen LogP contribution in [-0.4, -0.2) is 16.8 Å². The van der Waals surface area contributed by atoms with Crippen molar-refractivity contribution in [2.24, 2.45) is 0 Å². The number of aliphatic hydroxyl groups is 1. The summed E-state index contributed by atoms with van der Waals surface area (Å²) < 4.78 is 5.71. The number of ether oxygens (including phenoxy) is 1. The average Bonchev–Trinajstić information content (AvgIpc) is 2.25. The molecule has 0 fully saturated rings. The SMILES string of the molecule is CC1(C)Oc2ccc(C#N)cc2[C@H](Br)[C@H]1O. The fraction of sp³-hybridized carbons (Fsp3) is 0.417. The van der Waals surface area contributed by atoms with Gasteiger partial charge in [0.05, 0.1) is 16.5 Å². The second kappa shape index (κ2) is 3.76. The first kappa shape index (κ1) is 11.4. The minimum Gasteiger partial charge on any atom is -0.485 e. The van der Waals surface area contributed by atoms with E-state index < -0.39 is 11.7 Å². The Hall–Kier alpha value is -1.05. The molecule has 2 rings (SSSR count). The third kappa shape index (κ3) is 1.70. The third-order valence-electron chi connectivity index (χ3n) is 2.80. The molecule has 84 valence electrons. The molecular weight excluding hydrogens is 270 g/mol. The van der Waals surface area contributed by atoms with Crippen molar-refractivity contribution in [2.45, 2.75) is 30.4 Å². The van der Waals surface area contributed by atoms with Crippen molar-refractivity contribution >= 4 is 15.9 Å². The van der Waals surface area contributed by atoms with Crippen LogP contribution < -0.4 is 4.74 Å². The van der Waals surface area contributed by atoms with Crippen LogP contribution in [0.2, 0.25) is 0 Å². The molecule has 1 aliphatic heterocycles. The Morgan fingerprint density at radius 2 is 2.19 bits per heavy atom. The Morgan fingerprint density at radius 3 is 2.81 bits per heavy atom. The molecule has 0 aliphatic carbocycles. The van der Waals surface area contributed by atoms with Crippen LogP contribution in [-0.2, 0) is 0 Å². The molecular formula is C12H12BrNO2. The normalized spacial score (nSPS) is 26.4. The highest BCUT2D eigenvalue weighted by atomic mass is 79.9. The summed E-state index contributed by atoms with van der Waals surface area (Å²) in [5, 5.41) is 18.9. The van der Waals surface area contributed by atoms with Gasteiger partial charge in [-0.15, -0.1) is 0 Å². The maximum absolute atomic E-state index is 10.1. The summed E-state index contributed by atoms with van der Waals surface area (Å²) in [5.74, 6) is 0.719. The number of halogens is 1. The van der Waals surface area contributed by atoms with E-state index in [1.807, 2.05) is 13.8 Å². The number of rotatable bonds is 0. The van der Waals surface area contributed by atoms with Crippen molar-refractivity contribution < 1.29 is 9.84 Å². The summed E-state index contributed by atoms with van der Waals surface area (Å²) in [4.78, 5) is -0.209. The van der Waals surface area contributed by atoms with E-state index in [9.17, 15) is 5.11 Å². The summed E-state index contributed by atoms with van der Waals surface area (Å²) in [6, 6.07) is 7.31. The molecule has 1 heterocycles. The van der Waals surface area contributed by atoms with Crippen LogP contribution >= 0.6 is 15.9 Å². The predicted octanol–water partition coefficient (Wildman–Crippen LogP) is 2.53. The average molecular weight is 282 g/mol. The number of fused-ring (bicyclic) bond motifs is 1. The van der Waals surface area contributed by atoms with Gasteiger partial charge in [-0.2, -0.15) is 5.26 Å². The molecule has 0 saturated carbocycles. The number of aliphatic hydroxyl groups excluding tert-OH is 1. The standard InChI is InChI=1S/C12H12BrNO2/c1-12(2)11(15)10(13)8-5-7(6-14)3-4-9(8)16-12/h3-5,10-11,15H,1-2H3/t10-,11+/m0/s1. The smallest absolute Gasteiger partial charge is 0.131 e. The fourth-order valence-corrected chi connectivity index (χ4v) is 2.79. The van der Waals surface area contributed by atoms with Crippen LogP contribution in [0.4, 0.5) is 0 Å². The number of hydrogen-bond acceptors (Lipinski definition) is 3. The Bertz CT molecular complexity index is 465. The van der Waals surface area contributed by atoms with Crippen LogP contribution in [0.1, 0.15) is 29.8 Å². The molecule has 2 atom stereocenters. The highest BCUT2D eigenvalue weighted by Gasteiger charge is 2.41. The molecule has 1 aliphatic rings. The number of nitrogens with zero attached hydrogens (tertiary/aromatic N) is 1. The van der Waals surface area contributed by atoms with E-state index in [2.05, 4.69) is 22.0 Å². The predicted molar refractivity (Wildman–Crippen MR) is 63.5 cm³/mol. The highest BCUT2D eigenvalue weighted by molar-refractivity contribution is 9.09. The van der Waals surface area contributed by atoms with E-state index in [0.717, 1.165) is 11.3 Å². The van der Waals surface area contributed by atoms with Gasteiger partial charge >= 0.3 is 0 Å². The van der Waals surface area contributed by atoms with E-state index in [1.165, 1.54) is 0 Å². The maximum atomic E-state index is 10.1. The highest BCUT2D eigenvalue weighted by Crippen LogP contribution is 2.44. The van der Waals surface area contributed by atoms with Crippen LogP contribution in [0.5, 0.6) is 5.75 Å². The zero-order chi connectivity index (χ0) is 11.9. The van der Waals surface area contributed by atoms with Gasteiger partial charge in [-0.3, -0.25) is 0 Å². The third-order valence-corrected chi connectivity index (χ3v) is 3.79. The molecule has 4 heteroatoms. The van der Waals surface area contributed by atoms with Crippen molar-refractivity contribution in [1.82, 2.24) is 0 Å². The Labute approximate surface area is 103 Å².